The van der Waals surface area contributed by atoms with E-state index in [0.717, 1.165) is 18.5 Å². The number of aromatic amines is 1. The molecular weight excluding hydrogens is 280 g/mol. The maximum absolute atomic E-state index is 12.3. The molecule has 110 valence electrons. The lowest BCUT2D eigenvalue weighted by atomic mass is 10.2. The molecule has 0 bridgehead atoms. The molecule has 2 aromatic rings. The van der Waals surface area contributed by atoms with Crippen molar-refractivity contribution in [3.63, 3.8) is 0 Å². The van der Waals surface area contributed by atoms with Gasteiger partial charge in [-0.1, -0.05) is 12.1 Å². The summed E-state index contributed by atoms with van der Waals surface area (Å²) in [4.78, 5) is 12.1. The maximum Gasteiger partial charge on any atom is 0.387 e. The number of alkyl halides is 2. The van der Waals surface area contributed by atoms with Gasteiger partial charge in [-0.2, -0.15) is 13.9 Å². The number of hydrogen-bond donors (Lipinski definition) is 2. The summed E-state index contributed by atoms with van der Waals surface area (Å²) in [6.45, 7) is -2.95. The second kappa shape index (κ2) is 5.51. The molecule has 0 aliphatic heterocycles. The predicted molar refractivity (Wildman–Crippen MR) is 71.6 cm³/mol. The van der Waals surface area contributed by atoms with E-state index >= 15 is 0 Å². The largest absolute Gasteiger partial charge is 0.433 e. The van der Waals surface area contributed by atoms with Crippen molar-refractivity contribution in [2.24, 2.45) is 0 Å². The van der Waals surface area contributed by atoms with Crippen LogP contribution >= 0.6 is 0 Å². The molecule has 1 saturated carbocycles. The van der Waals surface area contributed by atoms with Crippen LogP contribution in [0.1, 0.15) is 34.9 Å². The topological polar surface area (TPSA) is 67.0 Å². The number of nitrogens with zero attached hydrogens (tertiary/aromatic N) is 1. The first-order valence-corrected chi connectivity index (χ1v) is 6.54. The Morgan fingerprint density at radius 3 is 2.86 bits per heavy atom. The smallest absolute Gasteiger partial charge is 0.387 e. The summed E-state index contributed by atoms with van der Waals surface area (Å²) in [5.74, 6) is -0.101. The van der Waals surface area contributed by atoms with Crippen molar-refractivity contribution >= 4 is 11.6 Å². The van der Waals surface area contributed by atoms with E-state index in [2.05, 4.69) is 20.3 Å². The minimum Gasteiger partial charge on any atom is -0.433 e. The summed E-state index contributed by atoms with van der Waals surface area (Å²) in [6.07, 6.45) is 2.18. The fourth-order valence-electron chi connectivity index (χ4n) is 2.01. The van der Waals surface area contributed by atoms with Crippen molar-refractivity contribution in [2.75, 3.05) is 5.32 Å². The molecule has 0 saturated heterocycles. The highest BCUT2D eigenvalue weighted by atomic mass is 19.3. The van der Waals surface area contributed by atoms with Gasteiger partial charge in [-0.25, -0.2) is 0 Å². The van der Waals surface area contributed by atoms with Gasteiger partial charge in [0.1, 0.15) is 5.75 Å². The number of aromatic nitrogens is 2. The third kappa shape index (κ3) is 3.18. The number of hydrogen-bond acceptors (Lipinski definition) is 3. The lowest BCUT2D eigenvalue weighted by molar-refractivity contribution is -0.0493. The van der Waals surface area contributed by atoms with Gasteiger partial charge in [0.25, 0.3) is 5.91 Å². The fraction of sp³-hybridized carbons (Fsp3) is 0.286. The molecule has 2 N–H and O–H groups in total. The van der Waals surface area contributed by atoms with Gasteiger partial charge in [0.15, 0.2) is 5.69 Å². The van der Waals surface area contributed by atoms with Gasteiger partial charge in [-0.15, -0.1) is 0 Å². The molecule has 5 nitrogen and oxygen atoms in total. The first-order chi connectivity index (χ1) is 10.1. The highest BCUT2D eigenvalue weighted by molar-refractivity contribution is 6.03. The van der Waals surface area contributed by atoms with Crippen LogP contribution in [0.5, 0.6) is 5.75 Å². The van der Waals surface area contributed by atoms with Gasteiger partial charge < -0.3 is 10.1 Å². The molecule has 3 rings (SSSR count). The van der Waals surface area contributed by atoms with Crippen LogP contribution in [0, 0.1) is 0 Å². The molecule has 0 unspecified atom stereocenters. The van der Waals surface area contributed by atoms with E-state index in [4.69, 9.17) is 0 Å². The number of amides is 1. The molecule has 1 aromatic heterocycles. The SMILES string of the molecule is O=C(Nc1ccccc1OC(F)F)c1cc(C2CC2)[nH]n1. The van der Waals surface area contributed by atoms with Crippen LogP contribution in [-0.4, -0.2) is 22.7 Å². The first-order valence-electron chi connectivity index (χ1n) is 6.54. The standard InChI is InChI=1S/C14H13F2N3O2/c15-14(16)21-12-4-2-1-3-9(12)17-13(20)11-7-10(18-19-11)8-5-6-8/h1-4,7-8,14H,5-6H2,(H,17,20)(H,18,19). The number of para-hydroxylation sites is 2. The van der Waals surface area contributed by atoms with E-state index in [1.165, 1.54) is 12.1 Å². The minimum atomic E-state index is -2.95. The van der Waals surface area contributed by atoms with Crippen molar-refractivity contribution in [3.8, 4) is 5.75 Å². The molecule has 21 heavy (non-hydrogen) atoms. The Morgan fingerprint density at radius 2 is 2.14 bits per heavy atom. The van der Waals surface area contributed by atoms with Crippen LogP contribution in [0.4, 0.5) is 14.5 Å². The van der Waals surface area contributed by atoms with Crippen LogP contribution in [0.2, 0.25) is 0 Å². The number of ether oxygens (including phenoxy) is 1. The molecule has 0 spiro atoms. The molecule has 1 aromatic carbocycles. The summed E-state index contributed by atoms with van der Waals surface area (Å²) in [6, 6.07) is 7.71. The highest BCUT2D eigenvalue weighted by Crippen LogP contribution is 2.39. The third-order valence-electron chi connectivity index (χ3n) is 3.20. The number of carbonyl (C=O) groups is 1. The zero-order valence-corrected chi connectivity index (χ0v) is 11.0. The third-order valence-corrected chi connectivity index (χ3v) is 3.20. The molecule has 0 atom stereocenters. The van der Waals surface area contributed by atoms with E-state index in [0.29, 0.717) is 5.92 Å². The Hall–Kier alpha value is -2.44. The summed E-state index contributed by atoms with van der Waals surface area (Å²) in [5.41, 5.74) is 1.33. The Morgan fingerprint density at radius 1 is 1.38 bits per heavy atom. The average Bonchev–Trinajstić information content (AvgIpc) is 3.18. The van der Waals surface area contributed by atoms with Crippen LogP contribution < -0.4 is 10.1 Å². The van der Waals surface area contributed by atoms with Crippen LogP contribution in [0.25, 0.3) is 0 Å². The van der Waals surface area contributed by atoms with Crippen LogP contribution in [0.15, 0.2) is 30.3 Å². The molecule has 1 fully saturated rings. The van der Waals surface area contributed by atoms with Crippen LogP contribution in [-0.2, 0) is 0 Å². The van der Waals surface area contributed by atoms with E-state index in [-0.39, 0.29) is 17.1 Å². The maximum atomic E-state index is 12.3. The normalized spacial score (nSPS) is 14.2. The lowest BCUT2D eigenvalue weighted by Crippen LogP contribution is -2.14. The Kier molecular flexibility index (Phi) is 3.55. The van der Waals surface area contributed by atoms with Crippen molar-refractivity contribution in [2.45, 2.75) is 25.4 Å². The Bertz CT molecular complexity index is 653. The summed E-state index contributed by atoms with van der Waals surface area (Å²) >= 11 is 0. The van der Waals surface area contributed by atoms with Crippen molar-refractivity contribution in [3.05, 3.63) is 41.7 Å². The van der Waals surface area contributed by atoms with Crippen LogP contribution in [0.3, 0.4) is 0 Å². The summed E-state index contributed by atoms with van der Waals surface area (Å²) in [7, 11) is 0. The van der Waals surface area contributed by atoms with E-state index in [1.807, 2.05) is 0 Å². The molecule has 1 aliphatic rings. The summed E-state index contributed by atoms with van der Waals surface area (Å²) < 4.78 is 29.0. The number of halogens is 2. The average molecular weight is 293 g/mol. The minimum absolute atomic E-state index is 0.0844. The number of rotatable bonds is 5. The number of H-pyrrole nitrogens is 1. The fourth-order valence-corrected chi connectivity index (χ4v) is 2.01. The van der Waals surface area contributed by atoms with E-state index in [1.54, 1.807) is 18.2 Å². The van der Waals surface area contributed by atoms with E-state index < -0.39 is 12.5 Å². The van der Waals surface area contributed by atoms with Gasteiger partial charge in [0, 0.05) is 11.6 Å². The lowest BCUT2D eigenvalue weighted by Gasteiger charge is -2.10. The molecule has 7 heteroatoms. The molecule has 1 amide bonds. The number of benzene rings is 1. The zero-order chi connectivity index (χ0) is 14.8. The van der Waals surface area contributed by atoms with Gasteiger partial charge >= 0.3 is 6.61 Å². The van der Waals surface area contributed by atoms with Crippen molar-refractivity contribution in [1.29, 1.82) is 0 Å². The van der Waals surface area contributed by atoms with Gasteiger partial charge in [-0.3, -0.25) is 9.89 Å². The van der Waals surface area contributed by atoms with E-state index in [9.17, 15) is 13.6 Å². The number of carbonyl (C=O) groups excluding carboxylic acids is 1. The van der Waals surface area contributed by atoms with Crippen molar-refractivity contribution < 1.29 is 18.3 Å². The summed E-state index contributed by atoms with van der Waals surface area (Å²) in [5, 5.41) is 9.28. The molecule has 1 heterocycles. The van der Waals surface area contributed by atoms with Gasteiger partial charge in [-0.05, 0) is 31.0 Å². The Labute approximate surface area is 119 Å². The molecule has 0 radical (unpaired) electrons. The first kappa shape index (κ1) is 13.5. The second-order valence-corrected chi connectivity index (χ2v) is 4.81. The van der Waals surface area contributed by atoms with Gasteiger partial charge in [0.2, 0.25) is 0 Å². The van der Waals surface area contributed by atoms with Gasteiger partial charge in [0.05, 0.1) is 5.69 Å². The quantitative estimate of drug-likeness (QED) is 0.890. The molecular formula is C14H13F2N3O2. The highest BCUT2D eigenvalue weighted by Gasteiger charge is 2.26. The second-order valence-electron chi connectivity index (χ2n) is 4.81. The van der Waals surface area contributed by atoms with Crippen molar-refractivity contribution in [1.82, 2.24) is 10.2 Å². The zero-order valence-electron chi connectivity index (χ0n) is 11.0. The number of nitrogens with one attached hydrogen (secondary N) is 2. The Balaban J connectivity index is 1.74. The predicted octanol–water partition coefficient (Wildman–Crippen LogP) is 3.14. The number of anilines is 1. The molecule has 1 aliphatic carbocycles. The monoisotopic (exact) mass is 293 g/mol.